The van der Waals surface area contributed by atoms with E-state index in [2.05, 4.69) is 0 Å². The van der Waals surface area contributed by atoms with Crippen LogP contribution in [0.3, 0.4) is 0 Å². The number of alkyl halides is 2. The molecule has 0 N–H and O–H groups in total. The topological polar surface area (TPSA) is 40.6 Å². The highest BCUT2D eigenvalue weighted by Gasteiger charge is 2.42. The number of amides is 2. The summed E-state index contributed by atoms with van der Waals surface area (Å²) < 4.78 is 26.6. The molecule has 0 radical (unpaired) electrons. The lowest BCUT2D eigenvalue weighted by Crippen LogP contribution is -2.46. The number of likely N-dealkylation sites (tertiary alicyclic amines) is 2. The molecule has 124 valence electrons. The summed E-state index contributed by atoms with van der Waals surface area (Å²) in [6.07, 6.45) is 1.11. The summed E-state index contributed by atoms with van der Waals surface area (Å²) in [5, 5.41) is 0. The fourth-order valence-electron chi connectivity index (χ4n) is 3.31. The average Bonchev–Trinajstić information content (AvgIpc) is 2.94. The van der Waals surface area contributed by atoms with Gasteiger partial charge in [-0.3, -0.25) is 9.59 Å². The van der Waals surface area contributed by atoms with E-state index in [0.29, 0.717) is 25.1 Å². The van der Waals surface area contributed by atoms with Crippen LogP contribution >= 0.6 is 0 Å². The fraction of sp³-hybridized carbons (Fsp3) is 0.529. The monoisotopic (exact) mass is 322 g/mol. The Morgan fingerprint density at radius 2 is 1.83 bits per heavy atom. The largest absolute Gasteiger partial charge is 0.338 e. The van der Waals surface area contributed by atoms with E-state index in [1.54, 1.807) is 29.2 Å². The van der Waals surface area contributed by atoms with E-state index in [0.717, 1.165) is 6.42 Å². The molecular formula is C17H20F2N2O2. The van der Waals surface area contributed by atoms with E-state index in [1.165, 1.54) is 4.90 Å². The predicted octanol–water partition coefficient (Wildman–Crippen LogP) is 2.41. The minimum Gasteiger partial charge on any atom is -0.338 e. The third-order valence-corrected chi connectivity index (χ3v) is 4.56. The number of rotatable bonds is 2. The number of halogens is 2. The van der Waals surface area contributed by atoms with Crippen LogP contribution < -0.4 is 0 Å². The first kappa shape index (κ1) is 15.9. The van der Waals surface area contributed by atoms with E-state index in [9.17, 15) is 18.4 Å². The number of piperidine rings is 1. The zero-order valence-electron chi connectivity index (χ0n) is 12.9. The molecule has 1 unspecified atom stereocenters. The van der Waals surface area contributed by atoms with Gasteiger partial charge in [0.25, 0.3) is 11.8 Å². The first-order valence-electron chi connectivity index (χ1n) is 7.97. The molecule has 6 heteroatoms. The number of carbonyl (C=O) groups is 2. The molecule has 3 rings (SSSR count). The van der Waals surface area contributed by atoms with Gasteiger partial charge in [0, 0.05) is 31.6 Å². The molecule has 1 aromatic carbocycles. The third kappa shape index (κ3) is 3.51. The highest BCUT2D eigenvalue weighted by molar-refractivity contribution is 5.94. The molecule has 2 heterocycles. The van der Waals surface area contributed by atoms with Crippen molar-refractivity contribution >= 4 is 11.8 Å². The SMILES string of the molecule is O=C(c1ccccc1)N1CCCC(C(=O)N2CCC(F)(F)C2)C1. The Morgan fingerprint density at radius 3 is 2.48 bits per heavy atom. The summed E-state index contributed by atoms with van der Waals surface area (Å²) in [5.74, 6) is -3.49. The molecule has 0 spiro atoms. The van der Waals surface area contributed by atoms with E-state index in [4.69, 9.17) is 0 Å². The van der Waals surface area contributed by atoms with Crippen LogP contribution in [0.1, 0.15) is 29.6 Å². The van der Waals surface area contributed by atoms with E-state index < -0.39 is 12.5 Å². The van der Waals surface area contributed by atoms with Crippen molar-refractivity contribution in [2.75, 3.05) is 26.2 Å². The van der Waals surface area contributed by atoms with E-state index in [-0.39, 0.29) is 30.7 Å². The number of hydrogen-bond acceptors (Lipinski definition) is 2. The first-order valence-corrected chi connectivity index (χ1v) is 7.97. The van der Waals surface area contributed by atoms with Crippen LogP contribution in [0, 0.1) is 5.92 Å². The number of nitrogens with zero attached hydrogens (tertiary/aromatic N) is 2. The summed E-state index contributed by atoms with van der Waals surface area (Å²) >= 11 is 0. The van der Waals surface area contributed by atoms with Crippen molar-refractivity contribution in [3.63, 3.8) is 0 Å². The maximum Gasteiger partial charge on any atom is 0.267 e. The lowest BCUT2D eigenvalue weighted by atomic mass is 9.96. The Kier molecular flexibility index (Phi) is 4.33. The number of benzene rings is 1. The molecule has 1 atom stereocenters. The van der Waals surface area contributed by atoms with Crippen molar-refractivity contribution in [3.05, 3.63) is 35.9 Å². The average molecular weight is 322 g/mol. The van der Waals surface area contributed by atoms with Crippen molar-refractivity contribution in [2.24, 2.45) is 5.92 Å². The lowest BCUT2D eigenvalue weighted by molar-refractivity contribution is -0.137. The highest BCUT2D eigenvalue weighted by atomic mass is 19.3. The molecule has 23 heavy (non-hydrogen) atoms. The summed E-state index contributed by atoms with van der Waals surface area (Å²) in [6, 6.07) is 8.93. The third-order valence-electron chi connectivity index (χ3n) is 4.56. The second kappa shape index (κ2) is 6.26. The molecular weight excluding hydrogens is 302 g/mol. The van der Waals surface area contributed by atoms with Crippen LogP contribution in [-0.2, 0) is 4.79 Å². The van der Waals surface area contributed by atoms with Crippen LogP contribution in [0.5, 0.6) is 0 Å². The zero-order valence-corrected chi connectivity index (χ0v) is 12.9. The van der Waals surface area contributed by atoms with Crippen LogP contribution in [-0.4, -0.2) is 53.7 Å². The molecule has 2 saturated heterocycles. The summed E-state index contributed by atoms with van der Waals surface area (Å²) in [4.78, 5) is 27.8. The summed E-state index contributed by atoms with van der Waals surface area (Å²) in [7, 11) is 0. The summed E-state index contributed by atoms with van der Waals surface area (Å²) in [5.41, 5.74) is 0.591. The Balaban J connectivity index is 1.64. The maximum atomic E-state index is 13.3. The molecule has 2 aliphatic rings. The quantitative estimate of drug-likeness (QED) is 0.839. The Morgan fingerprint density at radius 1 is 1.09 bits per heavy atom. The molecule has 0 bridgehead atoms. The van der Waals surface area contributed by atoms with Gasteiger partial charge in [0.1, 0.15) is 0 Å². The van der Waals surface area contributed by atoms with Gasteiger partial charge >= 0.3 is 0 Å². The normalized spacial score (nSPS) is 23.8. The van der Waals surface area contributed by atoms with Gasteiger partial charge in [-0.25, -0.2) is 8.78 Å². The van der Waals surface area contributed by atoms with Crippen molar-refractivity contribution in [2.45, 2.75) is 25.2 Å². The summed E-state index contributed by atoms with van der Waals surface area (Å²) in [6.45, 7) is 0.534. The molecule has 2 aliphatic heterocycles. The first-order chi connectivity index (χ1) is 11.0. The minimum absolute atomic E-state index is 0.102. The predicted molar refractivity (Wildman–Crippen MR) is 81.2 cm³/mol. The standard InChI is InChI=1S/C17H20F2N2O2/c18-17(19)8-10-21(12-17)16(23)14-7-4-9-20(11-14)15(22)13-5-2-1-3-6-13/h1-3,5-6,14H,4,7-12H2. The van der Waals surface area contributed by atoms with Crippen LogP contribution in [0.15, 0.2) is 30.3 Å². The van der Waals surface area contributed by atoms with Crippen LogP contribution in [0.4, 0.5) is 8.78 Å². The van der Waals surface area contributed by atoms with E-state index >= 15 is 0 Å². The van der Waals surface area contributed by atoms with Crippen molar-refractivity contribution < 1.29 is 18.4 Å². The highest BCUT2D eigenvalue weighted by Crippen LogP contribution is 2.29. The smallest absolute Gasteiger partial charge is 0.267 e. The van der Waals surface area contributed by atoms with E-state index in [1.807, 2.05) is 6.07 Å². The number of carbonyl (C=O) groups excluding carboxylic acids is 2. The molecule has 0 aromatic heterocycles. The molecule has 2 fully saturated rings. The fourth-order valence-corrected chi connectivity index (χ4v) is 3.31. The molecule has 0 saturated carbocycles. The van der Waals surface area contributed by atoms with Gasteiger partial charge in [0.2, 0.25) is 5.91 Å². The van der Waals surface area contributed by atoms with Gasteiger partial charge in [-0.15, -0.1) is 0 Å². The molecule has 2 amide bonds. The maximum absolute atomic E-state index is 13.3. The molecule has 1 aromatic rings. The Hall–Kier alpha value is -1.98. The molecule has 0 aliphatic carbocycles. The van der Waals surface area contributed by atoms with Gasteiger partial charge in [-0.05, 0) is 25.0 Å². The van der Waals surface area contributed by atoms with Gasteiger partial charge in [0.05, 0.1) is 12.5 Å². The Labute approximate surface area is 134 Å². The van der Waals surface area contributed by atoms with Gasteiger partial charge < -0.3 is 9.80 Å². The van der Waals surface area contributed by atoms with Crippen LogP contribution in [0.2, 0.25) is 0 Å². The van der Waals surface area contributed by atoms with Crippen molar-refractivity contribution in [1.29, 1.82) is 0 Å². The van der Waals surface area contributed by atoms with Crippen molar-refractivity contribution in [3.8, 4) is 0 Å². The van der Waals surface area contributed by atoms with Crippen molar-refractivity contribution in [1.82, 2.24) is 9.80 Å². The second-order valence-electron chi connectivity index (χ2n) is 6.32. The van der Waals surface area contributed by atoms with Crippen LogP contribution in [0.25, 0.3) is 0 Å². The van der Waals surface area contributed by atoms with Gasteiger partial charge in [-0.1, -0.05) is 18.2 Å². The van der Waals surface area contributed by atoms with Gasteiger partial charge in [0.15, 0.2) is 0 Å². The number of hydrogen-bond donors (Lipinski definition) is 0. The minimum atomic E-state index is -2.77. The second-order valence-corrected chi connectivity index (χ2v) is 6.32. The Bertz CT molecular complexity index is 592. The van der Waals surface area contributed by atoms with Gasteiger partial charge in [-0.2, -0.15) is 0 Å². The zero-order chi connectivity index (χ0) is 16.4. The lowest BCUT2D eigenvalue weighted by Gasteiger charge is -2.34. The molecule has 4 nitrogen and oxygen atoms in total.